The lowest BCUT2D eigenvalue weighted by Crippen LogP contribution is -2.47. The molecule has 0 saturated heterocycles. The predicted molar refractivity (Wildman–Crippen MR) is 70.7 cm³/mol. The molecule has 1 aliphatic rings. The molecule has 21 heavy (non-hydrogen) atoms. The van der Waals surface area contributed by atoms with Crippen LogP contribution in [0.25, 0.3) is 0 Å². The Morgan fingerprint density at radius 3 is 2.52 bits per heavy atom. The van der Waals surface area contributed by atoms with E-state index in [9.17, 15) is 21.6 Å². The molecular weight excluding hydrogens is 305 g/mol. The van der Waals surface area contributed by atoms with Gasteiger partial charge in [0.1, 0.15) is 5.54 Å². The highest BCUT2D eigenvalue weighted by Gasteiger charge is 2.65. The van der Waals surface area contributed by atoms with Gasteiger partial charge in [0.05, 0.1) is 11.4 Å². The fourth-order valence-corrected chi connectivity index (χ4v) is 3.27. The minimum Gasteiger partial charge on any atom is -0.320 e. The standard InChI is InChI=1S/C13H13F3N2O2S/c14-13(15,16)12(6-7-12)18-21(19,20)11-5-1-3-10(9-11)4-2-8-17/h1,3,5,9,18H,6-8,17H2. The van der Waals surface area contributed by atoms with Gasteiger partial charge < -0.3 is 5.73 Å². The normalized spacial score (nSPS) is 17.0. The van der Waals surface area contributed by atoms with Gasteiger partial charge in [-0.2, -0.15) is 17.9 Å². The van der Waals surface area contributed by atoms with E-state index in [1.54, 1.807) is 10.8 Å². The van der Waals surface area contributed by atoms with Crippen LogP contribution in [0.1, 0.15) is 18.4 Å². The van der Waals surface area contributed by atoms with E-state index >= 15 is 0 Å². The number of hydrogen-bond acceptors (Lipinski definition) is 3. The van der Waals surface area contributed by atoms with Crippen molar-refractivity contribution in [3.05, 3.63) is 29.8 Å². The minimum atomic E-state index is -4.60. The predicted octanol–water partition coefficient (Wildman–Crippen LogP) is 1.37. The Balaban J connectivity index is 2.29. The molecule has 0 spiro atoms. The molecule has 1 aliphatic carbocycles. The average molecular weight is 318 g/mol. The Hall–Kier alpha value is -1.56. The quantitative estimate of drug-likeness (QED) is 0.827. The van der Waals surface area contributed by atoms with E-state index in [4.69, 9.17) is 5.73 Å². The fourth-order valence-electron chi connectivity index (χ4n) is 1.78. The lowest BCUT2D eigenvalue weighted by atomic mass is 10.2. The zero-order valence-corrected chi connectivity index (χ0v) is 11.7. The number of alkyl halides is 3. The van der Waals surface area contributed by atoms with Gasteiger partial charge in [-0.05, 0) is 31.0 Å². The summed E-state index contributed by atoms with van der Waals surface area (Å²) in [7, 11) is -4.26. The molecule has 1 saturated carbocycles. The molecule has 0 atom stereocenters. The number of halogens is 3. The van der Waals surface area contributed by atoms with Crippen LogP contribution in [0.2, 0.25) is 0 Å². The van der Waals surface area contributed by atoms with Crippen molar-refractivity contribution in [1.29, 1.82) is 0 Å². The van der Waals surface area contributed by atoms with Gasteiger partial charge in [0.15, 0.2) is 0 Å². The van der Waals surface area contributed by atoms with Crippen molar-refractivity contribution in [2.75, 3.05) is 6.54 Å². The first-order valence-corrected chi connectivity index (χ1v) is 7.58. The Morgan fingerprint density at radius 2 is 2.00 bits per heavy atom. The van der Waals surface area contributed by atoms with E-state index in [0.29, 0.717) is 5.56 Å². The van der Waals surface area contributed by atoms with Crippen LogP contribution in [0.5, 0.6) is 0 Å². The third kappa shape index (κ3) is 3.37. The molecular formula is C13H13F3N2O2S. The van der Waals surface area contributed by atoms with Crippen molar-refractivity contribution >= 4 is 10.0 Å². The molecule has 0 aromatic heterocycles. The molecule has 0 heterocycles. The minimum absolute atomic E-state index is 0.104. The molecule has 1 aromatic carbocycles. The highest BCUT2D eigenvalue weighted by atomic mass is 32.2. The Labute approximate surface area is 120 Å². The number of sulfonamides is 1. The summed E-state index contributed by atoms with van der Waals surface area (Å²) in [6.45, 7) is 0.104. The monoisotopic (exact) mass is 318 g/mol. The van der Waals surface area contributed by atoms with E-state index in [1.807, 2.05) is 0 Å². The average Bonchev–Trinajstić information content (AvgIpc) is 3.16. The first-order valence-electron chi connectivity index (χ1n) is 6.10. The molecule has 2 rings (SSSR count). The number of nitrogens with two attached hydrogens (primary N) is 1. The summed E-state index contributed by atoms with van der Waals surface area (Å²) in [6, 6.07) is 5.42. The summed E-state index contributed by atoms with van der Waals surface area (Å²) in [5.41, 5.74) is 3.26. The maximum atomic E-state index is 12.8. The van der Waals surface area contributed by atoms with Crippen LogP contribution >= 0.6 is 0 Å². The van der Waals surface area contributed by atoms with E-state index in [0.717, 1.165) is 0 Å². The Morgan fingerprint density at radius 1 is 1.33 bits per heavy atom. The molecule has 1 aromatic rings. The molecule has 0 aliphatic heterocycles. The van der Waals surface area contributed by atoms with Gasteiger partial charge in [0, 0.05) is 5.56 Å². The molecule has 0 amide bonds. The third-order valence-corrected chi connectivity index (χ3v) is 4.64. The molecule has 8 heteroatoms. The van der Waals surface area contributed by atoms with E-state index < -0.39 is 21.7 Å². The van der Waals surface area contributed by atoms with Crippen molar-refractivity contribution in [2.45, 2.75) is 29.5 Å². The van der Waals surface area contributed by atoms with Crippen molar-refractivity contribution in [3.8, 4) is 11.8 Å². The molecule has 0 bridgehead atoms. The summed E-state index contributed by atoms with van der Waals surface area (Å²) in [5, 5.41) is 0. The van der Waals surface area contributed by atoms with Crippen LogP contribution in [0.15, 0.2) is 29.2 Å². The summed E-state index contributed by atoms with van der Waals surface area (Å²) in [6.07, 6.45) is -5.10. The lowest BCUT2D eigenvalue weighted by Gasteiger charge is -2.20. The summed E-state index contributed by atoms with van der Waals surface area (Å²) < 4.78 is 64.4. The smallest absolute Gasteiger partial charge is 0.320 e. The topological polar surface area (TPSA) is 72.2 Å². The van der Waals surface area contributed by atoms with Crippen molar-refractivity contribution in [2.24, 2.45) is 5.73 Å². The highest BCUT2D eigenvalue weighted by Crippen LogP contribution is 2.49. The largest absolute Gasteiger partial charge is 0.407 e. The van der Waals surface area contributed by atoms with Gasteiger partial charge in [-0.15, -0.1) is 0 Å². The molecule has 3 N–H and O–H groups in total. The van der Waals surface area contributed by atoms with Crippen LogP contribution in [0.4, 0.5) is 13.2 Å². The van der Waals surface area contributed by atoms with Crippen LogP contribution in [-0.2, 0) is 10.0 Å². The molecule has 114 valence electrons. The summed E-state index contributed by atoms with van der Waals surface area (Å²) >= 11 is 0. The number of rotatable bonds is 3. The molecule has 0 radical (unpaired) electrons. The fraction of sp³-hybridized carbons (Fsp3) is 0.385. The van der Waals surface area contributed by atoms with Gasteiger partial charge in [-0.3, -0.25) is 0 Å². The lowest BCUT2D eigenvalue weighted by molar-refractivity contribution is -0.160. The molecule has 1 fully saturated rings. The Kier molecular flexibility index (Phi) is 4.02. The van der Waals surface area contributed by atoms with Crippen molar-refractivity contribution in [1.82, 2.24) is 4.72 Å². The maximum absolute atomic E-state index is 12.8. The van der Waals surface area contributed by atoms with Crippen LogP contribution in [-0.4, -0.2) is 26.7 Å². The van der Waals surface area contributed by atoms with Gasteiger partial charge >= 0.3 is 6.18 Å². The second-order valence-electron chi connectivity index (χ2n) is 4.72. The van der Waals surface area contributed by atoms with Crippen LogP contribution in [0, 0.1) is 11.8 Å². The Bertz CT molecular complexity index is 698. The number of hydrogen-bond donors (Lipinski definition) is 2. The van der Waals surface area contributed by atoms with Gasteiger partial charge in [0.25, 0.3) is 0 Å². The first-order chi connectivity index (χ1) is 9.70. The molecule has 4 nitrogen and oxygen atoms in total. The van der Waals surface area contributed by atoms with Crippen molar-refractivity contribution < 1.29 is 21.6 Å². The van der Waals surface area contributed by atoms with Crippen LogP contribution < -0.4 is 10.5 Å². The zero-order valence-electron chi connectivity index (χ0n) is 10.9. The van der Waals surface area contributed by atoms with Gasteiger partial charge in [0.2, 0.25) is 10.0 Å². The summed E-state index contributed by atoms with van der Waals surface area (Å²) in [5.74, 6) is 5.19. The van der Waals surface area contributed by atoms with Gasteiger partial charge in [-0.25, -0.2) is 8.42 Å². The summed E-state index contributed by atoms with van der Waals surface area (Å²) in [4.78, 5) is -0.248. The maximum Gasteiger partial charge on any atom is 0.407 e. The SMILES string of the molecule is NCC#Cc1cccc(S(=O)(=O)NC2(C(F)(F)F)CC2)c1. The van der Waals surface area contributed by atoms with Crippen molar-refractivity contribution in [3.63, 3.8) is 0 Å². The zero-order chi connectivity index (χ0) is 15.7. The van der Waals surface area contributed by atoms with Crippen LogP contribution in [0.3, 0.4) is 0 Å². The number of benzene rings is 1. The van der Waals surface area contributed by atoms with E-state index in [-0.39, 0.29) is 24.3 Å². The van der Waals surface area contributed by atoms with E-state index in [1.165, 1.54) is 18.2 Å². The highest BCUT2D eigenvalue weighted by molar-refractivity contribution is 7.89. The second-order valence-corrected chi connectivity index (χ2v) is 6.40. The van der Waals surface area contributed by atoms with Gasteiger partial charge in [-0.1, -0.05) is 17.9 Å². The second kappa shape index (κ2) is 5.33. The first kappa shape index (κ1) is 15.8. The number of nitrogens with one attached hydrogen (secondary N) is 1. The molecule has 0 unspecified atom stereocenters. The van der Waals surface area contributed by atoms with E-state index in [2.05, 4.69) is 11.8 Å². The third-order valence-electron chi connectivity index (χ3n) is 3.10.